The summed E-state index contributed by atoms with van der Waals surface area (Å²) in [6, 6.07) is 0. The molecule has 4 aliphatic carbocycles. The van der Waals surface area contributed by atoms with E-state index in [2.05, 4.69) is 0 Å². The van der Waals surface area contributed by atoms with E-state index in [4.69, 9.17) is 48.1 Å². The van der Waals surface area contributed by atoms with Gasteiger partial charge in [0, 0.05) is 0 Å². The Morgan fingerprint density at radius 3 is 0.710 bits per heavy atom. The minimum atomic E-state index is -1.43. The molecule has 0 N–H and O–H groups in total. The van der Waals surface area contributed by atoms with Crippen molar-refractivity contribution in [3.05, 3.63) is 0 Å². The Balaban J connectivity index is 0.000000213. The van der Waals surface area contributed by atoms with E-state index in [-0.39, 0.29) is 16.5 Å². The first kappa shape index (κ1) is 29.7. The van der Waals surface area contributed by atoms with Crippen molar-refractivity contribution < 1.29 is 16.5 Å². The molecule has 31 heavy (non-hydrogen) atoms. The van der Waals surface area contributed by atoms with Crippen LogP contribution in [0.3, 0.4) is 0 Å². The third-order valence-electron chi connectivity index (χ3n) is 8.33. The molecule has 4 saturated carbocycles. The van der Waals surface area contributed by atoms with Crippen molar-refractivity contribution in [2.75, 3.05) is 0 Å². The fourth-order valence-corrected chi connectivity index (χ4v) is 17.0. The molecule has 0 aliphatic heterocycles. The van der Waals surface area contributed by atoms with Crippen molar-refractivity contribution in [2.24, 2.45) is 0 Å². The molecule has 0 nitrogen and oxygen atoms in total. The van der Waals surface area contributed by atoms with Gasteiger partial charge in [-0.3, -0.25) is 0 Å². The zero-order chi connectivity index (χ0) is 21.5. The van der Waals surface area contributed by atoms with E-state index in [1.54, 1.807) is 0 Å². The van der Waals surface area contributed by atoms with E-state index in [0.717, 1.165) is 22.6 Å². The van der Waals surface area contributed by atoms with Crippen LogP contribution in [0.5, 0.6) is 0 Å². The van der Waals surface area contributed by atoms with E-state index >= 15 is 0 Å². The van der Waals surface area contributed by atoms with Gasteiger partial charge in [0.05, 0.1) is 0 Å². The molecule has 0 heterocycles. The van der Waals surface area contributed by atoms with Gasteiger partial charge >= 0.3 is 16.5 Å². The molecule has 4 fully saturated rings. The Kier molecular flexibility index (Phi) is 14.3. The Bertz CT molecular complexity index is 494. The summed E-state index contributed by atoms with van der Waals surface area (Å²) in [6.45, 7) is 0. The maximum absolute atomic E-state index is 5.91. The van der Waals surface area contributed by atoms with Crippen LogP contribution in [-0.2, 0) is 64.6 Å². The average Bonchev–Trinajstić information content (AvgIpc) is 2.82. The van der Waals surface area contributed by atoms with Gasteiger partial charge in [-0.05, 0) is 74.0 Å². The molecule has 0 aromatic heterocycles. The van der Waals surface area contributed by atoms with Crippen LogP contribution in [0.4, 0.5) is 0 Å². The van der Waals surface area contributed by atoms with Crippen LogP contribution in [0, 0.1) is 0 Å². The van der Waals surface area contributed by atoms with Crippen molar-refractivity contribution in [1.82, 2.24) is 0 Å². The molecular formula is C24H44NiP2S4. The number of hydrogen-bond acceptors (Lipinski definition) is 4. The summed E-state index contributed by atoms with van der Waals surface area (Å²) in [5.74, 6) is 0. The first-order valence-corrected chi connectivity index (χ1v) is 20.9. The van der Waals surface area contributed by atoms with Gasteiger partial charge in [0.15, 0.2) is 0 Å². The zero-order valence-corrected chi connectivity index (χ0v) is 25.3. The van der Waals surface area contributed by atoms with Gasteiger partial charge < -0.3 is 24.5 Å². The van der Waals surface area contributed by atoms with Gasteiger partial charge in [0.1, 0.15) is 0 Å². The molecule has 0 radical (unpaired) electrons. The minimum Gasteiger partial charge on any atom is -0.746 e. The van der Waals surface area contributed by atoms with Crippen LogP contribution in [0.2, 0.25) is 0 Å². The fourth-order valence-electron chi connectivity index (χ4n) is 6.36. The Hall–Kier alpha value is 2.49. The normalized spacial score (nSPS) is 25.9. The van der Waals surface area contributed by atoms with Crippen LogP contribution < -0.4 is 0 Å². The first-order chi connectivity index (χ1) is 14.4. The van der Waals surface area contributed by atoms with Crippen molar-refractivity contribution >= 4 is 58.6 Å². The van der Waals surface area contributed by atoms with E-state index in [9.17, 15) is 0 Å². The third-order valence-corrected chi connectivity index (χ3v) is 21.6. The van der Waals surface area contributed by atoms with Crippen LogP contribution in [0.15, 0.2) is 0 Å². The minimum absolute atomic E-state index is 0. The summed E-state index contributed by atoms with van der Waals surface area (Å²) in [7, 11) is 0. The molecule has 184 valence electrons. The Labute approximate surface area is 224 Å². The molecule has 0 saturated heterocycles. The molecule has 0 aromatic rings. The molecule has 0 amide bonds. The Morgan fingerprint density at radius 2 is 0.548 bits per heavy atom. The summed E-state index contributed by atoms with van der Waals surface area (Å²) < 4.78 is 0. The van der Waals surface area contributed by atoms with E-state index in [1.807, 2.05) is 0 Å². The molecule has 0 spiro atoms. The molecule has 7 heteroatoms. The fraction of sp³-hybridized carbons (Fsp3) is 1.00. The Morgan fingerprint density at radius 1 is 0.387 bits per heavy atom. The maximum Gasteiger partial charge on any atom is 2.00 e. The zero-order valence-electron chi connectivity index (χ0n) is 19.3. The molecule has 4 rings (SSSR count). The molecule has 4 aliphatic rings. The summed E-state index contributed by atoms with van der Waals surface area (Å²) in [5, 5.41) is -2.85. The van der Waals surface area contributed by atoms with E-state index in [1.165, 1.54) is 128 Å². The van der Waals surface area contributed by atoms with E-state index < -0.39 is 10.5 Å². The van der Waals surface area contributed by atoms with Gasteiger partial charge in [-0.25, -0.2) is 0 Å². The van der Waals surface area contributed by atoms with Crippen molar-refractivity contribution in [2.45, 2.75) is 151 Å². The van der Waals surface area contributed by atoms with Crippen LogP contribution >= 0.6 is 10.5 Å². The predicted molar refractivity (Wildman–Crippen MR) is 151 cm³/mol. The largest absolute Gasteiger partial charge is 2.00 e. The first-order valence-electron chi connectivity index (χ1n) is 13.0. The molecule has 0 bridgehead atoms. The van der Waals surface area contributed by atoms with Crippen molar-refractivity contribution in [1.29, 1.82) is 0 Å². The molecule has 0 atom stereocenters. The SMILES string of the molecule is S=P([S-])(C1CCCCC1)C1CCCCC1.S=P([S-])(C1CCCCC1)C1CCCCC1.[Ni+2]. The van der Waals surface area contributed by atoms with Gasteiger partial charge in [-0.15, -0.1) is 23.6 Å². The van der Waals surface area contributed by atoms with Gasteiger partial charge in [0.25, 0.3) is 0 Å². The van der Waals surface area contributed by atoms with Crippen molar-refractivity contribution in [3.8, 4) is 0 Å². The molecule has 0 aromatic carbocycles. The summed E-state index contributed by atoms with van der Waals surface area (Å²) in [5.41, 5.74) is 3.11. The molecular weight excluding hydrogens is 537 g/mol. The standard InChI is InChI=1S/2C12H23PS2.Ni/c2*14-13(15,11-7-3-1-4-8-11)12-9-5-2-6-10-12;/h2*11-12H,1-10H2,(H,14,15);/q;;+2/p-2. The monoisotopic (exact) mass is 580 g/mol. The quantitative estimate of drug-likeness (QED) is 0.184. The average molecular weight is 582 g/mol. The van der Waals surface area contributed by atoms with Gasteiger partial charge in [-0.1, -0.05) is 77.0 Å². The van der Waals surface area contributed by atoms with Gasteiger partial charge in [0.2, 0.25) is 0 Å². The van der Waals surface area contributed by atoms with Crippen LogP contribution in [0.1, 0.15) is 128 Å². The maximum atomic E-state index is 5.91. The van der Waals surface area contributed by atoms with E-state index in [0.29, 0.717) is 0 Å². The smallest absolute Gasteiger partial charge is 0.746 e. The van der Waals surface area contributed by atoms with Crippen molar-refractivity contribution in [3.63, 3.8) is 0 Å². The second-order valence-corrected chi connectivity index (χ2v) is 24.6. The molecule has 0 unspecified atom stereocenters. The van der Waals surface area contributed by atoms with Crippen LogP contribution in [0.25, 0.3) is 0 Å². The summed E-state index contributed by atoms with van der Waals surface area (Å²) >= 11 is 23.6. The third kappa shape index (κ3) is 8.83. The second kappa shape index (κ2) is 14.9. The predicted octanol–water partition coefficient (Wildman–Crippen LogP) is 9.18. The number of rotatable bonds is 4. The topological polar surface area (TPSA) is 0 Å². The second-order valence-electron chi connectivity index (χ2n) is 10.5. The number of hydrogen-bond donors (Lipinski definition) is 0. The van der Waals surface area contributed by atoms with Gasteiger partial charge in [-0.2, -0.15) is 10.5 Å². The summed E-state index contributed by atoms with van der Waals surface area (Å²) in [6.07, 6.45) is 27.7. The summed E-state index contributed by atoms with van der Waals surface area (Å²) in [4.78, 5) is 0. The van der Waals surface area contributed by atoms with Crippen LogP contribution in [-0.4, -0.2) is 22.6 Å².